The average molecular weight is 298 g/mol. The molecule has 0 aliphatic rings. The summed E-state index contributed by atoms with van der Waals surface area (Å²) in [4.78, 5) is 8.58. The third-order valence-corrected chi connectivity index (χ3v) is 4.08. The van der Waals surface area contributed by atoms with Gasteiger partial charge in [0.2, 0.25) is 0 Å². The van der Waals surface area contributed by atoms with E-state index in [1.165, 1.54) is 5.56 Å². The van der Waals surface area contributed by atoms with Gasteiger partial charge in [-0.05, 0) is 40.4 Å². The maximum Gasteiger partial charge on any atom is 0.183 e. The number of rotatable bonds is 4. The number of aromatic nitrogens is 2. The maximum atomic E-state index is 4.48. The second-order valence-electron chi connectivity index (χ2n) is 3.35. The number of anilines is 1. The predicted molar refractivity (Wildman–Crippen MR) is 71.0 cm³/mol. The number of thiazole rings is 1. The minimum absolute atomic E-state index is 0.935. The lowest BCUT2D eigenvalue weighted by Gasteiger charge is -1.98. The number of hydrogen-bond acceptors (Lipinski definition) is 4. The van der Waals surface area contributed by atoms with Gasteiger partial charge >= 0.3 is 0 Å². The van der Waals surface area contributed by atoms with Crippen molar-refractivity contribution in [2.24, 2.45) is 0 Å². The quantitative estimate of drug-likeness (QED) is 0.942. The summed E-state index contributed by atoms with van der Waals surface area (Å²) in [5.41, 5.74) is 2.35. The lowest BCUT2D eigenvalue weighted by molar-refractivity contribution is 0.914. The molecule has 0 unspecified atom stereocenters. The molecule has 0 aromatic carbocycles. The molecule has 0 saturated heterocycles. The van der Waals surface area contributed by atoms with E-state index in [0.717, 1.165) is 27.5 Å². The van der Waals surface area contributed by atoms with Crippen LogP contribution < -0.4 is 5.32 Å². The molecule has 2 aromatic heterocycles. The van der Waals surface area contributed by atoms with Gasteiger partial charge in [0, 0.05) is 19.4 Å². The van der Waals surface area contributed by atoms with Crippen molar-refractivity contribution in [1.82, 2.24) is 9.97 Å². The number of hydrogen-bond donors (Lipinski definition) is 1. The van der Waals surface area contributed by atoms with Gasteiger partial charge in [-0.1, -0.05) is 17.4 Å². The predicted octanol–water partition coefficient (Wildman–Crippen LogP) is 3.13. The Morgan fingerprint density at radius 3 is 2.94 bits per heavy atom. The van der Waals surface area contributed by atoms with Crippen LogP contribution in [0, 0.1) is 0 Å². The Morgan fingerprint density at radius 1 is 1.44 bits per heavy atom. The van der Waals surface area contributed by atoms with Crippen LogP contribution in [0.4, 0.5) is 5.13 Å². The highest BCUT2D eigenvalue weighted by atomic mass is 79.9. The van der Waals surface area contributed by atoms with Gasteiger partial charge in [-0.25, -0.2) is 4.98 Å². The van der Waals surface area contributed by atoms with E-state index in [4.69, 9.17) is 0 Å². The molecule has 2 rings (SSSR count). The summed E-state index contributed by atoms with van der Waals surface area (Å²) in [5, 5.41) is 4.00. The largest absolute Gasteiger partial charge is 0.365 e. The second kappa shape index (κ2) is 5.41. The van der Waals surface area contributed by atoms with E-state index in [2.05, 4.69) is 37.3 Å². The fourth-order valence-electron chi connectivity index (χ4n) is 1.40. The van der Waals surface area contributed by atoms with E-state index in [9.17, 15) is 0 Å². The van der Waals surface area contributed by atoms with E-state index in [0.29, 0.717) is 0 Å². The smallest absolute Gasteiger partial charge is 0.183 e. The summed E-state index contributed by atoms with van der Waals surface area (Å²) in [5.74, 6) is 0. The van der Waals surface area contributed by atoms with Gasteiger partial charge in [-0.2, -0.15) is 0 Å². The molecule has 0 aliphatic heterocycles. The van der Waals surface area contributed by atoms with Crippen LogP contribution in [0.25, 0.3) is 0 Å². The van der Waals surface area contributed by atoms with Gasteiger partial charge < -0.3 is 5.32 Å². The number of pyridine rings is 1. The van der Waals surface area contributed by atoms with Gasteiger partial charge in [-0.15, -0.1) is 0 Å². The zero-order chi connectivity index (χ0) is 11.4. The summed E-state index contributed by atoms with van der Waals surface area (Å²) in [6.07, 6.45) is 5.60. The summed E-state index contributed by atoms with van der Waals surface area (Å²) in [6.45, 7) is 0. The van der Waals surface area contributed by atoms with Crippen LogP contribution in [-0.2, 0) is 12.8 Å². The Hall–Kier alpha value is -0.940. The molecular weight excluding hydrogens is 286 g/mol. The van der Waals surface area contributed by atoms with Gasteiger partial charge in [0.05, 0.1) is 9.48 Å². The molecule has 16 heavy (non-hydrogen) atoms. The van der Waals surface area contributed by atoms with Crippen LogP contribution in [-0.4, -0.2) is 17.0 Å². The molecule has 0 aliphatic carbocycles. The Bertz CT molecular complexity index is 456. The van der Waals surface area contributed by atoms with Crippen molar-refractivity contribution in [3.8, 4) is 0 Å². The first-order chi connectivity index (χ1) is 7.79. The Kier molecular flexibility index (Phi) is 3.90. The third-order valence-electron chi connectivity index (χ3n) is 2.24. The van der Waals surface area contributed by atoms with Crippen LogP contribution >= 0.6 is 27.3 Å². The fourth-order valence-corrected chi connectivity index (χ4v) is 2.84. The van der Waals surface area contributed by atoms with E-state index in [1.54, 1.807) is 17.5 Å². The van der Waals surface area contributed by atoms with Crippen molar-refractivity contribution >= 4 is 32.4 Å². The lowest BCUT2D eigenvalue weighted by atomic mass is 10.1. The Morgan fingerprint density at radius 2 is 2.31 bits per heavy atom. The number of nitrogens with one attached hydrogen (secondary N) is 1. The Labute approximate surface area is 107 Å². The summed E-state index contributed by atoms with van der Waals surface area (Å²) in [6, 6.07) is 4.05. The highest BCUT2D eigenvalue weighted by Crippen LogP contribution is 2.28. The maximum absolute atomic E-state index is 4.48. The molecule has 0 spiro atoms. The van der Waals surface area contributed by atoms with Crippen LogP contribution in [0.3, 0.4) is 0 Å². The molecule has 0 bridgehead atoms. The zero-order valence-corrected chi connectivity index (χ0v) is 11.3. The molecule has 1 N–H and O–H groups in total. The SMILES string of the molecule is CNc1nc(CCc2cccnc2)c(Br)s1. The highest BCUT2D eigenvalue weighted by Gasteiger charge is 2.07. The van der Waals surface area contributed by atoms with Crippen molar-refractivity contribution in [2.75, 3.05) is 12.4 Å². The first-order valence-electron chi connectivity index (χ1n) is 5.01. The van der Waals surface area contributed by atoms with Crippen LogP contribution in [0.2, 0.25) is 0 Å². The average Bonchev–Trinajstić information content (AvgIpc) is 2.69. The number of halogens is 1. The third kappa shape index (κ3) is 2.80. The van der Waals surface area contributed by atoms with E-state index in [-0.39, 0.29) is 0 Å². The topological polar surface area (TPSA) is 37.8 Å². The first-order valence-corrected chi connectivity index (χ1v) is 6.62. The monoisotopic (exact) mass is 297 g/mol. The normalized spacial score (nSPS) is 10.4. The van der Waals surface area contributed by atoms with Crippen molar-refractivity contribution in [2.45, 2.75) is 12.8 Å². The molecule has 84 valence electrons. The standard InChI is InChI=1S/C11H12BrN3S/c1-13-11-15-9(10(12)16-11)5-4-8-3-2-6-14-7-8/h2-3,6-7H,4-5H2,1H3,(H,13,15). The number of nitrogens with zero attached hydrogens (tertiary/aromatic N) is 2. The van der Waals surface area contributed by atoms with Crippen molar-refractivity contribution in [1.29, 1.82) is 0 Å². The van der Waals surface area contributed by atoms with E-state index in [1.807, 2.05) is 19.3 Å². The molecule has 0 amide bonds. The van der Waals surface area contributed by atoms with Gasteiger partial charge in [0.25, 0.3) is 0 Å². The van der Waals surface area contributed by atoms with Gasteiger partial charge in [0.15, 0.2) is 5.13 Å². The molecule has 0 atom stereocenters. The van der Waals surface area contributed by atoms with Crippen molar-refractivity contribution in [3.05, 3.63) is 39.6 Å². The molecule has 0 radical (unpaired) electrons. The van der Waals surface area contributed by atoms with E-state index < -0.39 is 0 Å². The van der Waals surface area contributed by atoms with Gasteiger partial charge in [-0.3, -0.25) is 4.98 Å². The highest BCUT2D eigenvalue weighted by molar-refractivity contribution is 9.11. The van der Waals surface area contributed by atoms with Crippen LogP contribution in [0.15, 0.2) is 28.3 Å². The first kappa shape index (κ1) is 11.5. The fraction of sp³-hybridized carbons (Fsp3) is 0.273. The van der Waals surface area contributed by atoms with Crippen LogP contribution in [0.5, 0.6) is 0 Å². The molecule has 0 fully saturated rings. The summed E-state index contributed by atoms with van der Waals surface area (Å²) >= 11 is 5.16. The minimum Gasteiger partial charge on any atom is -0.365 e. The molecule has 0 saturated carbocycles. The molecule has 5 heteroatoms. The van der Waals surface area contributed by atoms with Crippen molar-refractivity contribution in [3.63, 3.8) is 0 Å². The van der Waals surface area contributed by atoms with Crippen LogP contribution in [0.1, 0.15) is 11.3 Å². The zero-order valence-electron chi connectivity index (χ0n) is 8.90. The molecule has 3 nitrogen and oxygen atoms in total. The summed E-state index contributed by atoms with van der Waals surface area (Å²) in [7, 11) is 1.89. The molecular formula is C11H12BrN3S. The van der Waals surface area contributed by atoms with Gasteiger partial charge in [0.1, 0.15) is 0 Å². The Balaban J connectivity index is 2.02. The minimum atomic E-state index is 0.935. The van der Waals surface area contributed by atoms with E-state index >= 15 is 0 Å². The lowest BCUT2D eigenvalue weighted by Crippen LogP contribution is -1.94. The molecule has 2 heterocycles. The number of aryl methyl sites for hydroxylation is 2. The summed E-state index contributed by atoms with van der Waals surface area (Å²) < 4.78 is 1.11. The second-order valence-corrected chi connectivity index (χ2v) is 5.67. The molecule has 2 aromatic rings. The van der Waals surface area contributed by atoms with Crippen molar-refractivity contribution < 1.29 is 0 Å².